The molecule has 0 aromatic heterocycles. The van der Waals surface area contributed by atoms with Gasteiger partial charge in [-0.05, 0) is 68.4 Å². The minimum atomic E-state index is -4.14. The maximum atomic E-state index is 13.4. The Labute approximate surface area is 208 Å². The SMILES string of the molecule is CC(C)NC(=O)c1ccccc1NC(=O)CN(c1cccc(Cl)c1)S(=O)(=O)c1ccc(Cl)cc1. The highest BCUT2D eigenvalue weighted by Crippen LogP contribution is 2.27. The number of hydrogen-bond acceptors (Lipinski definition) is 4. The van der Waals surface area contributed by atoms with Gasteiger partial charge in [-0.3, -0.25) is 13.9 Å². The van der Waals surface area contributed by atoms with Gasteiger partial charge < -0.3 is 10.6 Å². The molecule has 0 radical (unpaired) electrons. The predicted molar refractivity (Wildman–Crippen MR) is 135 cm³/mol. The van der Waals surface area contributed by atoms with Crippen LogP contribution in [0.4, 0.5) is 11.4 Å². The van der Waals surface area contributed by atoms with Crippen molar-refractivity contribution in [2.45, 2.75) is 24.8 Å². The summed E-state index contributed by atoms with van der Waals surface area (Å²) >= 11 is 12.0. The van der Waals surface area contributed by atoms with Crippen LogP contribution in [0.1, 0.15) is 24.2 Å². The first-order valence-corrected chi connectivity index (χ1v) is 12.5. The van der Waals surface area contributed by atoms with E-state index in [1.807, 2.05) is 13.8 Å². The van der Waals surface area contributed by atoms with Crippen molar-refractivity contribution in [2.24, 2.45) is 0 Å². The minimum absolute atomic E-state index is 0.0404. The second-order valence-corrected chi connectivity index (χ2v) is 10.4. The molecule has 3 aromatic rings. The Morgan fingerprint density at radius 3 is 2.24 bits per heavy atom. The number of amides is 2. The third kappa shape index (κ3) is 6.28. The summed E-state index contributed by atoms with van der Waals surface area (Å²) in [4.78, 5) is 25.5. The van der Waals surface area contributed by atoms with Crippen molar-refractivity contribution in [1.82, 2.24) is 5.32 Å². The average molecular weight is 520 g/mol. The summed E-state index contributed by atoms with van der Waals surface area (Å²) in [6, 6.07) is 18.2. The van der Waals surface area contributed by atoms with E-state index in [0.717, 1.165) is 4.31 Å². The zero-order valence-corrected chi connectivity index (χ0v) is 20.8. The molecule has 0 aliphatic carbocycles. The lowest BCUT2D eigenvalue weighted by molar-refractivity contribution is -0.114. The van der Waals surface area contributed by atoms with Crippen molar-refractivity contribution in [2.75, 3.05) is 16.2 Å². The molecular formula is C24H23Cl2N3O4S. The van der Waals surface area contributed by atoms with Crippen molar-refractivity contribution < 1.29 is 18.0 Å². The summed E-state index contributed by atoms with van der Waals surface area (Å²) in [6.45, 7) is 3.10. The van der Waals surface area contributed by atoms with Crippen LogP contribution in [0.25, 0.3) is 0 Å². The van der Waals surface area contributed by atoms with Crippen LogP contribution < -0.4 is 14.9 Å². The summed E-state index contributed by atoms with van der Waals surface area (Å²) < 4.78 is 27.8. The Kier molecular flexibility index (Phi) is 8.19. The first-order chi connectivity index (χ1) is 16.1. The van der Waals surface area contributed by atoms with Crippen LogP contribution >= 0.6 is 23.2 Å². The highest BCUT2D eigenvalue weighted by Gasteiger charge is 2.28. The summed E-state index contributed by atoms with van der Waals surface area (Å²) in [6.07, 6.45) is 0. The zero-order chi connectivity index (χ0) is 24.9. The molecular weight excluding hydrogens is 497 g/mol. The second kappa shape index (κ2) is 10.9. The molecule has 0 spiro atoms. The number of rotatable bonds is 8. The number of para-hydroxylation sites is 1. The molecule has 0 aliphatic heterocycles. The first-order valence-electron chi connectivity index (χ1n) is 10.3. The van der Waals surface area contributed by atoms with E-state index < -0.39 is 22.5 Å². The highest BCUT2D eigenvalue weighted by atomic mass is 35.5. The number of sulfonamides is 1. The lowest BCUT2D eigenvalue weighted by atomic mass is 10.1. The number of nitrogens with one attached hydrogen (secondary N) is 2. The number of hydrogen-bond donors (Lipinski definition) is 2. The molecule has 0 saturated heterocycles. The van der Waals surface area contributed by atoms with Crippen molar-refractivity contribution >= 4 is 56.4 Å². The quantitative estimate of drug-likeness (QED) is 0.439. The molecule has 3 aromatic carbocycles. The molecule has 0 saturated carbocycles. The minimum Gasteiger partial charge on any atom is -0.350 e. The van der Waals surface area contributed by atoms with Crippen LogP contribution in [0.5, 0.6) is 0 Å². The molecule has 0 aliphatic rings. The number of nitrogens with zero attached hydrogens (tertiary/aromatic N) is 1. The maximum Gasteiger partial charge on any atom is 0.264 e. The standard InChI is InChI=1S/C24H23Cl2N3O4S/c1-16(2)27-24(31)21-8-3-4-9-22(21)28-23(30)15-29(19-7-5-6-18(26)14-19)34(32,33)20-12-10-17(25)11-13-20/h3-14,16H,15H2,1-2H3,(H,27,31)(H,28,30). The van der Waals surface area contributed by atoms with Crippen molar-refractivity contribution in [3.05, 3.63) is 88.4 Å². The third-order valence-corrected chi connectivity index (χ3v) is 6.93. The summed E-state index contributed by atoms with van der Waals surface area (Å²) in [5.41, 5.74) is 0.739. The Morgan fingerprint density at radius 1 is 0.912 bits per heavy atom. The Morgan fingerprint density at radius 2 is 1.59 bits per heavy atom. The molecule has 2 N–H and O–H groups in total. The van der Waals surface area contributed by atoms with E-state index in [2.05, 4.69) is 10.6 Å². The lowest BCUT2D eigenvalue weighted by Crippen LogP contribution is -2.38. The topological polar surface area (TPSA) is 95.6 Å². The number of halogens is 2. The number of carbonyl (C=O) groups excluding carboxylic acids is 2. The molecule has 0 fully saturated rings. The molecule has 0 heterocycles. The molecule has 2 amide bonds. The second-order valence-electron chi connectivity index (χ2n) is 7.67. The van der Waals surface area contributed by atoms with Crippen LogP contribution in [0.3, 0.4) is 0 Å². The van der Waals surface area contributed by atoms with Gasteiger partial charge >= 0.3 is 0 Å². The summed E-state index contributed by atoms with van der Waals surface area (Å²) in [5, 5.41) is 6.11. The third-order valence-electron chi connectivity index (χ3n) is 4.65. The number of carbonyl (C=O) groups is 2. The normalized spacial score (nSPS) is 11.2. The van der Waals surface area contributed by atoms with E-state index in [4.69, 9.17) is 23.2 Å². The van der Waals surface area contributed by atoms with Crippen LogP contribution in [-0.2, 0) is 14.8 Å². The Balaban J connectivity index is 1.93. The zero-order valence-electron chi connectivity index (χ0n) is 18.5. The lowest BCUT2D eigenvalue weighted by Gasteiger charge is -2.24. The molecule has 0 bridgehead atoms. The number of benzene rings is 3. The maximum absolute atomic E-state index is 13.4. The number of anilines is 2. The van der Waals surface area contributed by atoms with Gasteiger partial charge in [-0.25, -0.2) is 8.42 Å². The fraction of sp³-hybridized carbons (Fsp3) is 0.167. The van der Waals surface area contributed by atoms with Gasteiger partial charge in [0.25, 0.3) is 15.9 Å². The van der Waals surface area contributed by atoms with Crippen molar-refractivity contribution in [1.29, 1.82) is 0 Å². The molecule has 0 atom stereocenters. The van der Waals surface area contributed by atoms with Gasteiger partial charge in [-0.2, -0.15) is 0 Å². The van der Waals surface area contributed by atoms with Gasteiger partial charge in [0.2, 0.25) is 5.91 Å². The van der Waals surface area contributed by atoms with Crippen LogP contribution in [0.2, 0.25) is 10.0 Å². The van der Waals surface area contributed by atoms with Crippen LogP contribution in [0.15, 0.2) is 77.7 Å². The average Bonchev–Trinajstić information content (AvgIpc) is 2.77. The summed E-state index contributed by atoms with van der Waals surface area (Å²) in [5.74, 6) is -0.992. The highest BCUT2D eigenvalue weighted by molar-refractivity contribution is 7.92. The van der Waals surface area contributed by atoms with E-state index in [0.29, 0.717) is 10.0 Å². The molecule has 34 heavy (non-hydrogen) atoms. The van der Waals surface area contributed by atoms with E-state index in [9.17, 15) is 18.0 Å². The smallest absolute Gasteiger partial charge is 0.264 e. The van der Waals surface area contributed by atoms with E-state index in [1.54, 1.807) is 36.4 Å². The molecule has 10 heteroatoms. The van der Waals surface area contributed by atoms with Gasteiger partial charge in [-0.1, -0.05) is 41.4 Å². The van der Waals surface area contributed by atoms with E-state index in [1.165, 1.54) is 36.4 Å². The van der Waals surface area contributed by atoms with Gasteiger partial charge in [0.15, 0.2) is 0 Å². The van der Waals surface area contributed by atoms with Crippen molar-refractivity contribution in [3.8, 4) is 0 Å². The van der Waals surface area contributed by atoms with Crippen LogP contribution in [0, 0.1) is 0 Å². The Hall–Kier alpha value is -3.07. The largest absolute Gasteiger partial charge is 0.350 e. The summed E-state index contributed by atoms with van der Waals surface area (Å²) in [7, 11) is -4.14. The molecule has 3 rings (SSSR count). The fourth-order valence-electron chi connectivity index (χ4n) is 3.13. The van der Waals surface area contributed by atoms with Crippen molar-refractivity contribution in [3.63, 3.8) is 0 Å². The Bertz CT molecular complexity index is 1300. The molecule has 0 unspecified atom stereocenters. The van der Waals surface area contributed by atoms with Gasteiger partial charge in [-0.15, -0.1) is 0 Å². The molecule has 7 nitrogen and oxygen atoms in total. The fourth-order valence-corrected chi connectivity index (χ4v) is 4.85. The van der Waals surface area contributed by atoms with Gasteiger partial charge in [0, 0.05) is 16.1 Å². The van der Waals surface area contributed by atoms with Gasteiger partial charge in [0.1, 0.15) is 6.54 Å². The van der Waals surface area contributed by atoms with Gasteiger partial charge in [0.05, 0.1) is 21.8 Å². The molecule has 178 valence electrons. The monoisotopic (exact) mass is 519 g/mol. The van der Waals surface area contributed by atoms with Crippen LogP contribution in [-0.4, -0.2) is 32.8 Å². The van der Waals surface area contributed by atoms with E-state index in [-0.39, 0.29) is 33.8 Å². The predicted octanol–water partition coefficient (Wildman–Crippen LogP) is 4.97. The van der Waals surface area contributed by atoms with E-state index >= 15 is 0 Å². The first kappa shape index (κ1) is 25.6.